The molecule has 0 spiro atoms. The van der Waals surface area contributed by atoms with Gasteiger partial charge in [0.15, 0.2) is 6.10 Å². The first-order valence-corrected chi connectivity index (χ1v) is 33.6. The number of unbranched alkanes of at least 4 members (excludes halogenated alkanes) is 20. The Kier molecular flexibility index (Phi) is 64.9. The molecule has 83 heavy (non-hydrogen) atoms. The van der Waals surface area contributed by atoms with Gasteiger partial charge in [-0.1, -0.05) is 294 Å². The van der Waals surface area contributed by atoms with E-state index in [2.05, 4.69) is 191 Å². The molecule has 0 radical (unpaired) electrons. The van der Waals surface area contributed by atoms with E-state index in [9.17, 15) is 14.4 Å². The van der Waals surface area contributed by atoms with Crippen LogP contribution in [0.1, 0.15) is 278 Å². The molecule has 0 aliphatic rings. The normalized spacial score (nSPS) is 13.2. The van der Waals surface area contributed by atoms with Crippen LogP contribution in [0.15, 0.2) is 170 Å². The van der Waals surface area contributed by atoms with Gasteiger partial charge in [-0.05, 0) is 135 Å². The van der Waals surface area contributed by atoms with Gasteiger partial charge in [0.05, 0.1) is 0 Å². The summed E-state index contributed by atoms with van der Waals surface area (Å²) in [5.74, 6) is -0.942. The van der Waals surface area contributed by atoms with E-state index in [0.717, 1.165) is 161 Å². The van der Waals surface area contributed by atoms with Gasteiger partial charge in [0.1, 0.15) is 13.2 Å². The zero-order valence-electron chi connectivity index (χ0n) is 53.4. The first-order valence-electron chi connectivity index (χ1n) is 33.6. The summed E-state index contributed by atoms with van der Waals surface area (Å²) in [4.78, 5) is 38.3. The average Bonchev–Trinajstić information content (AvgIpc) is 3.49. The summed E-state index contributed by atoms with van der Waals surface area (Å²) in [5, 5.41) is 0. The Bertz CT molecular complexity index is 1890. The van der Waals surface area contributed by atoms with Crippen molar-refractivity contribution in [3.8, 4) is 0 Å². The minimum atomic E-state index is -0.803. The van der Waals surface area contributed by atoms with E-state index in [1.54, 1.807) is 0 Å². The van der Waals surface area contributed by atoms with Crippen molar-refractivity contribution in [1.82, 2.24) is 0 Å². The molecule has 0 aromatic rings. The van der Waals surface area contributed by atoms with Crippen LogP contribution >= 0.6 is 0 Å². The van der Waals surface area contributed by atoms with Crippen LogP contribution in [0.3, 0.4) is 0 Å². The lowest BCUT2D eigenvalue weighted by Gasteiger charge is -2.18. The van der Waals surface area contributed by atoms with Crippen molar-refractivity contribution in [3.05, 3.63) is 170 Å². The lowest BCUT2D eigenvalue weighted by Crippen LogP contribution is -2.30. The molecule has 1 atom stereocenters. The van der Waals surface area contributed by atoms with Gasteiger partial charge >= 0.3 is 17.9 Å². The van der Waals surface area contributed by atoms with Crippen LogP contribution in [-0.4, -0.2) is 37.2 Å². The van der Waals surface area contributed by atoms with Crippen LogP contribution in [0.2, 0.25) is 0 Å². The third-order valence-corrected chi connectivity index (χ3v) is 13.7. The maximum absolute atomic E-state index is 12.9. The van der Waals surface area contributed by atoms with Gasteiger partial charge in [-0.2, -0.15) is 0 Å². The number of hydrogen-bond acceptors (Lipinski definition) is 6. The lowest BCUT2D eigenvalue weighted by atomic mass is 10.1. The van der Waals surface area contributed by atoms with Crippen LogP contribution in [0.4, 0.5) is 0 Å². The van der Waals surface area contributed by atoms with E-state index in [1.165, 1.54) is 77.0 Å². The molecule has 0 saturated carbocycles. The fourth-order valence-corrected chi connectivity index (χ4v) is 8.76. The average molecular weight is 1140 g/mol. The molecular formula is C77H122O6. The van der Waals surface area contributed by atoms with Gasteiger partial charge in [-0.15, -0.1) is 0 Å². The van der Waals surface area contributed by atoms with Crippen molar-refractivity contribution in [2.75, 3.05) is 13.2 Å². The number of allylic oxidation sites excluding steroid dienone is 28. The summed E-state index contributed by atoms with van der Waals surface area (Å²) in [7, 11) is 0. The van der Waals surface area contributed by atoms with Gasteiger partial charge in [0.25, 0.3) is 0 Å². The number of carbonyl (C=O) groups is 3. The molecule has 6 heteroatoms. The molecule has 6 nitrogen and oxygen atoms in total. The Labute approximate surface area is 511 Å². The van der Waals surface area contributed by atoms with Crippen LogP contribution < -0.4 is 0 Å². The van der Waals surface area contributed by atoms with Crippen LogP contribution in [0.5, 0.6) is 0 Å². The maximum Gasteiger partial charge on any atom is 0.306 e. The Morgan fingerprint density at radius 3 is 0.747 bits per heavy atom. The number of ether oxygens (including phenoxy) is 3. The van der Waals surface area contributed by atoms with Gasteiger partial charge in [0, 0.05) is 19.3 Å². The molecule has 0 heterocycles. The number of esters is 3. The van der Waals surface area contributed by atoms with Gasteiger partial charge < -0.3 is 14.2 Å². The van der Waals surface area contributed by atoms with E-state index < -0.39 is 6.10 Å². The van der Waals surface area contributed by atoms with E-state index in [1.807, 2.05) is 0 Å². The van der Waals surface area contributed by atoms with Crippen molar-refractivity contribution in [3.63, 3.8) is 0 Å². The molecular weight excluding hydrogens is 1020 g/mol. The predicted octanol–water partition coefficient (Wildman–Crippen LogP) is 23.4. The summed E-state index contributed by atoms with van der Waals surface area (Å²) in [6.45, 7) is 6.36. The van der Waals surface area contributed by atoms with Crippen LogP contribution in [-0.2, 0) is 28.6 Å². The van der Waals surface area contributed by atoms with Gasteiger partial charge in [0.2, 0.25) is 0 Å². The Hall–Kier alpha value is -5.23. The molecule has 0 aliphatic carbocycles. The molecule has 0 aromatic heterocycles. The minimum absolute atomic E-state index is 0.0963. The SMILES string of the molecule is CC/C=C\C/C=C\C/C=C\C/C=C\C/C=C\C/C=C\C/C=C\C/C=C\C/C=C\CCCCCC(=O)OCC(COC(=O)CCCCCCCCCCC)OC(=O)CCCCCCCCCCC/C=C\C/C=C\C/C=C\C/C=C\C/C=C\CC. The summed E-state index contributed by atoms with van der Waals surface area (Å²) in [6, 6.07) is 0. The zero-order chi connectivity index (χ0) is 59.9. The molecule has 0 rings (SSSR count). The van der Waals surface area contributed by atoms with Crippen molar-refractivity contribution in [2.24, 2.45) is 0 Å². The van der Waals surface area contributed by atoms with Crippen molar-refractivity contribution in [1.29, 1.82) is 0 Å². The highest BCUT2D eigenvalue weighted by atomic mass is 16.6. The predicted molar refractivity (Wildman–Crippen MR) is 361 cm³/mol. The first-order chi connectivity index (χ1) is 41.0. The molecule has 0 aromatic carbocycles. The first kappa shape index (κ1) is 77.8. The van der Waals surface area contributed by atoms with Crippen molar-refractivity contribution >= 4 is 17.9 Å². The number of rotatable bonds is 59. The molecule has 0 aliphatic heterocycles. The summed E-state index contributed by atoms with van der Waals surface area (Å²) in [6.07, 6.45) is 102. The summed E-state index contributed by atoms with van der Waals surface area (Å²) >= 11 is 0. The lowest BCUT2D eigenvalue weighted by molar-refractivity contribution is -0.167. The number of carbonyl (C=O) groups excluding carboxylic acids is 3. The van der Waals surface area contributed by atoms with E-state index in [-0.39, 0.29) is 31.1 Å². The highest BCUT2D eigenvalue weighted by Gasteiger charge is 2.19. The standard InChI is InChI=1S/C77H122O6/c1-4-7-10-13-16-19-21-23-25-27-29-31-33-35-36-37-38-39-40-42-43-45-47-49-51-53-55-58-61-64-67-70-76(79)82-73-74(72-81-75(78)69-66-63-60-57-18-15-12-9-6-3)83-77(80)71-68-65-62-59-56-54-52-50-48-46-44-41-34-32-30-28-26-24-22-20-17-14-11-8-5-2/h7-8,10-11,16-17,19-20,23-26,29-32,35-36,38-39,41-44,47,49,53,55,74H,4-6,9,12-15,18,21-22,27-28,33-34,37,40,45-46,48,50-52,54,56-73H2,1-3H3/b10-7-,11-8-,19-16-,20-17-,25-23-,26-24-,31-29-,32-30-,36-35-,39-38-,43-42-,44-41-,49-47-,55-53-. The molecule has 0 fully saturated rings. The van der Waals surface area contributed by atoms with Gasteiger partial charge in [-0.3, -0.25) is 14.4 Å². The second-order valence-corrected chi connectivity index (χ2v) is 21.6. The van der Waals surface area contributed by atoms with E-state index in [4.69, 9.17) is 14.2 Å². The largest absolute Gasteiger partial charge is 0.462 e. The molecule has 0 N–H and O–H groups in total. The topological polar surface area (TPSA) is 78.9 Å². The third-order valence-electron chi connectivity index (χ3n) is 13.7. The van der Waals surface area contributed by atoms with E-state index in [0.29, 0.717) is 19.3 Å². The fourth-order valence-electron chi connectivity index (χ4n) is 8.76. The Morgan fingerprint density at radius 1 is 0.253 bits per heavy atom. The monoisotopic (exact) mass is 1140 g/mol. The minimum Gasteiger partial charge on any atom is -0.462 e. The van der Waals surface area contributed by atoms with Crippen LogP contribution in [0.25, 0.3) is 0 Å². The Balaban J connectivity index is 4.33. The maximum atomic E-state index is 12.9. The zero-order valence-corrected chi connectivity index (χ0v) is 53.4. The van der Waals surface area contributed by atoms with Crippen molar-refractivity contribution < 1.29 is 28.6 Å². The van der Waals surface area contributed by atoms with Crippen molar-refractivity contribution in [2.45, 2.75) is 284 Å². The Morgan fingerprint density at radius 2 is 0.470 bits per heavy atom. The molecule has 1 unspecified atom stereocenters. The second-order valence-electron chi connectivity index (χ2n) is 21.6. The quantitative estimate of drug-likeness (QED) is 0.0261. The number of hydrogen-bond donors (Lipinski definition) is 0. The molecule has 0 bridgehead atoms. The molecule has 466 valence electrons. The van der Waals surface area contributed by atoms with Gasteiger partial charge in [-0.25, -0.2) is 0 Å². The highest BCUT2D eigenvalue weighted by Crippen LogP contribution is 2.15. The van der Waals surface area contributed by atoms with E-state index >= 15 is 0 Å². The molecule has 0 amide bonds. The smallest absolute Gasteiger partial charge is 0.306 e. The second kappa shape index (κ2) is 69.3. The third kappa shape index (κ3) is 67.4. The summed E-state index contributed by atoms with van der Waals surface area (Å²) < 4.78 is 16.9. The fraction of sp³-hybridized carbons (Fsp3) is 0.597. The highest BCUT2D eigenvalue weighted by molar-refractivity contribution is 5.71. The summed E-state index contributed by atoms with van der Waals surface area (Å²) in [5.41, 5.74) is 0. The van der Waals surface area contributed by atoms with Crippen LogP contribution in [0, 0.1) is 0 Å². The molecule has 0 saturated heterocycles.